The van der Waals surface area contributed by atoms with E-state index in [1.165, 1.54) is 5.56 Å². The number of aryl methyl sites for hydroxylation is 2. The Labute approximate surface area is 72.2 Å². The second-order valence-corrected chi connectivity index (χ2v) is 3.16. The lowest BCUT2D eigenvalue weighted by Gasteiger charge is -2.20. The number of hydrogen-bond acceptors (Lipinski definition) is 3. The van der Waals surface area contributed by atoms with Crippen molar-refractivity contribution in [3.63, 3.8) is 0 Å². The molecule has 0 saturated heterocycles. The molecule has 0 amide bonds. The fraction of sp³-hybridized carbons (Fsp3) is 0.444. The first kappa shape index (κ1) is 7.40. The SMILES string of the molecule is Cc1cc(C)c2c(n1)NCCN2. The van der Waals surface area contributed by atoms with E-state index >= 15 is 0 Å². The molecule has 0 saturated carbocycles. The summed E-state index contributed by atoms with van der Waals surface area (Å²) in [6.07, 6.45) is 0. The van der Waals surface area contributed by atoms with Crippen molar-refractivity contribution >= 4 is 11.5 Å². The highest BCUT2D eigenvalue weighted by Crippen LogP contribution is 2.26. The molecule has 64 valence electrons. The number of rotatable bonds is 0. The van der Waals surface area contributed by atoms with E-state index in [9.17, 15) is 0 Å². The van der Waals surface area contributed by atoms with Gasteiger partial charge in [0.05, 0.1) is 5.69 Å². The molecule has 0 bridgehead atoms. The average Bonchev–Trinajstić information content (AvgIpc) is 2.04. The number of pyridine rings is 1. The summed E-state index contributed by atoms with van der Waals surface area (Å²) in [6, 6.07) is 2.10. The number of hydrogen-bond donors (Lipinski definition) is 2. The summed E-state index contributed by atoms with van der Waals surface area (Å²) < 4.78 is 0. The maximum Gasteiger partial charge on any atom is 0.150 e. The maximum absolute atomic E-state index is 4.40. The molecule has 0 atom stereocenters. The van der Waals surface area contributed by atoms with E-state index in [1.54, 1.807) is 0 Å². The Morgan fingerprint density at radius 3 is 2.83 bits per heavy atom. The van der Waals surface area contributed by atoms with Gasteiger partial charge in [0.25, 0.3) is 0 Å². The summed E-state index contributed by atoms with van der Waals surface area (Å²) in [7, 11) is 0. The van der Waals surface area contributed by atoms with Crippen molar-refractivity contribution < 1.29 is 0 Å². The van der Waals surface area contributed by atoms with E-state index < -0.39 is 0 Å². The molecule has 1 aliphatic rings. The first-order valence-electron chi connectivity index (χ1n) is 4.23. The third-order valence-corrected chi connectivity index (χ3v) is 2.06. The molecule has 0 aliphatic carbocycles. The monoisotopic (exact) mass is 163 g/mol. The summed E-state index contributed by atoms with van der Waals surface area (Å²) in [5, 5.41) is 6.60. The minimum Gasteiger partial charge on any atom is -0.380 e. The van der Waals surface area contributed by atoms with Gasteiger partial charge in [-0.2, -0.15) is 0 Å². The molecule has 1 aliphatic heterocycles. The standard InChI is InChI=1S/C9H13N3/c1-6-5-7(2)12-9-8(6)10-3-4-11-9/h5,10H,3-4H2,1-2H3,(H,11,12). The third kappa shape index (κ3) is 1.11. The predicted molar refractivity (Wildman–Crippen MR) is 50.7 cm³/mol. The molecule has 0 fully saturated rings. The van der Waals surface area contributed by atoms with Crippen LogP contribution in [0.25, 0.3) is 0 Å². The Bertz CT molecular complexity index is 307. The summed E-state index contributed by atoms with van der Waals surface area (Å²) in [4.78, 5) is 4.40. The van der Waals surface area contributed by atoms with Gasteiger partial charge in [-0.25, -0.2) is 4.98 Å². The molecule has 0 radical (unpaired) electrons. The normalized spacial score (nSPS) is 14.5. The maximum atomic E-state index is 4.40. The zero-order valence-electron chi connectivity index (χ0n) is 7.44. The molecule has 1 aromatic heterocycles. The van der Waals surface area contributed by atoms with Gasteiger partial charge in [-0.3, -0.25) is 0 Å². The lowest BCUT2D eigenvalue weighted by molar-refractivity contribution is 1.000. The van der Waals surface area contributed by atoms with Crippen molar-refractivity contribution in [2.45, 2.75) is 13.8 Å². The van der Waals surface area contributed by atoms with Crippen molar-refractivity contribution in [3.8, 4) is 0 Å². The Kier molecular flexibility index (Phi) is 1.64. The van der Waals surface area contributed by atoms with Crippen LogP contribution in [0, 0.1) is 13.8 Å². The molecule has 2 rings (SSSR count). The highest BCUT2D eigenvalue weighted by atomic mass is 15.1. The van der Waals surface area contributed by atoms with Crippen molar-refractivity contribution in [1.29, 1.82) is 0 Å². The van der Waals surface area contributed by atoms with Gasteiger partial charge in [0.15, 0.2) is 0 Å². The van der Waals surface area contributed by atoms with Crippen LogP contribution >= 0.6 is 0 Å². The van der Waals surface area contributed by atoms with Crippen molar-refractivity contribution in [1.82, 2.24) is 4.98 Å². The minimum absolute atomic E-state index is 0.961. The molecule has 2 N–H and O–H groups in total. The molecular formula is C9H13N3. The lowest BCUT2D eigenvalue weighted by atomic mass is 10.2. The van der Waals surface area contributed by atoms with E-state index in [4.69, 9.17) is 0 Å². The topological polar surface area (TPSA) is 37.0 Å². The first-order valence-corrected chi connectivity index (χ1v) is 4.23. The van der Waals surface area contributed by atoms with E-state index in [-0.39, 0.29) is 0 Å². The van der Waals surface area contributed by atoms with Crippen LogP contribution in [0.3, 0.4) is 0 Å². The van der Waals surface area contributed by atoms with Crippen LogP contribution < -0.4 is 10.6 Å². The summed E-state index contributed by atoms with van der Waals surface area (Å²) in [6.45, 7) is 6.07. The quantitative estimate of drug-likeness (QED) is 0.609. The molecule has 3 heteroatoms. The largest absolute Gasteiger partial charge is 0.380 e. The van der Waals surface area contributed by atoms with E-state index in [2.05, 4.69) is 28.6 Å². The molecule has 0 unspecified atom stereocenters. The minimum atomic E-state index is 0.961. The van der Waals surface area contributed by atoms with Gasteiger partial charge in [-0.15, -0.1) is 0 Å². The fourth-order valence-corrected chi connectivity index (χ4v) is 1.56. The van der Waals surface area contributed by atoms with Crippen LogP contribution in [-0.4, -0.2) is 18.1 Å². The van der Waals surface area contributed by atoms with Gasteiger partial charge in [0.2, 0.25) is 0 Å². The summed E-state index contributed by atoms with van der Waals surface area (Å²) in [5.74, 6) is 0.999. The van der Waals surface area contributed by atoms with Crippen LogP contribution in [0.15, 0.2) is 6.07 Å². The highest BCUT2D eigenvalue weighted by Gasteiger charge is 2.11. The second kappa shape index (κ2) is 2.66. The first-order chi connectivity index (χ1) is 5.77. The van der Waals surface area contributed by atoms with Crippen molar-refractivity contribution in [2.24, 2.45) is 0 Å². The Balaban J connectivity index is 2.53. The predicted octanol–water partition coefficient (Wildman–Crippen LogP) is 1.54. The van der Waals surface area contributed by atoms with Crippen LogP contribution in [0.5, 0.6) is 0 Å². The van der Waals surface area contributed by atoms with E-state index in [1.807, 2.05) is 6.92 Å². The molecule has 1 aromatic rings. The molecular weight excluding hydrogens is 150 g/mol. The molecule has 0 aromatic carbocycles. The van der Waals surface area contributed by atoms with Gasteiger partial charge >= 0.3 is 0 Å². The van der Waals surface area contributed by atoms with Gasteiger partial charge in [-0.1, -0.05) is 0 Å². The van der Waals surface area contributed by atoms with Crippen molar-refractivity contribution in [2.75, 3.05) is 23.7 Å². The number of nitrogens with zero attached hydrogens (tertiary/aromatic N) is 1. The van der Waals surface area contributed by atoms with Crippen LogP contribution in [-0.2, 0) is 0 Å². The lowest BCUT2D eigenvalue weighted by Crippen LogP contribution is -2.22. The zero-order chi connectivity index (χ0) is 8.55. The Hall–Kier alpha value is -1.25. The fourth-order valence-electron chi connectivity index (χ4n) is 1.56. The van der Waals surface area contributed by atoms with Crippen LogP contribution in [0.2, 0.25) is 0 Å². The molecule has 0 spiro atoms. The number of nitrogens with one attached hydrogen (secondary N) is 2. The van der Waals surface area contributed by atoms with E-state index in [0.29, 0.717) is 0 Å². The van der Waals surface area contributed by atoms with Crippen molar-refractivity contribution in [3.05, 3.63) is 17.3 Å². The summed E-state index contributed by atoms with van der Waals surface area (Å²) >= 11 is 0. The molecule has 3 nitrogen and oxygen atoms in total. The smallest absolute Gasteiger partial charge is 0.150 e. The molecule has 2 heterocycles. The Morgan fingerprint density at radius 1 is 1.25 bits per heavy atom. The summed E-state index contributed by atoms with van der Waals surface area (Å²) in [5.41, 5.74) is 3.50. The molecule has 12 heavy (non-hydrogen) atoms. The van der Waals surface area contributed by atoms with Gasteiger partial charge in [0.1, 0.15) is 5.82 Å². The highest BCUT2D eigenvalue weighted by molar-refractivity contribution is 5.70. The Morgan fingerprint density at radius 2 is 2.00 bits per heavy atom. The third-order valence-electron chi connectivity index (χ3n) is 2.06. The van der Waals surface area contributed by atoms with Crippen LogP contribution in [0.4, 0.5) is 11.5 Å². The number of aromatic nitrogens is 1. The average molecular weight is 163 g/mol. The number of fused-ring (bicyclic) bond motifs is 1. The van der Waals surface area contributed by atoms with Crippen LogP contribution in [0.1, 0.15) is 11.3 Å². The number of anilines is 2. The van der Waals surface area contributed by atoms with Gasteiger partial charge in [0, 0.05) is 18.8 Å². The van der Waals surface area contributed by atoms with Gasteiger partial charge in [-0.05, 0) is 25.5 Å². The zero-order valence-corrected chi connectivity index (χ0v) is 7.44. The second-order valence-electron chi connectivity index (χ2n) is 3.16. The van der Waals surface area contributed by atoms with Gasteiger partial charge < -0.3 is 10.6 Å². The van der Waals surface area contributed by atoms with E-state index in [0.717, 1.165) is 30.3 Å².